The molecule has 0 fully saturated rings. The van der Waals surface area contributed by atoms with Crippen molar-refractivity contribution in [2.75, 3.05) is 19.6 Å². The van der Waals surface area contributed by atoms with Crippen molar-refractivity contribution in [2.24, 2.45) is 22.6 Å². The first-order valence-corrected chi connectivity index (χ1v) is 4.37. The molecule has 0 aromatic rings. The van der Waals surface area contributed by atoms with Crippen LogP contribution in [0.3, 0.4) is 0 Å². The number of carbonyl (C=O) groups excluding carboxylic acids is 2. The average molecular weight is 217 g/mol. The molecule has 0 amide bonds. The first kappa shape index (κ1) is 13.7. The highest BCUT2D eigenvalue weighted by molar-refractivity contribution is 6.22. The van der Waals surface area contributed by atoms with Gasteiger partial charge in [-0.2, -0.15) is 0 Å². The van der Waals surface area contributed by atoms with Gasteiger partial charge in [0.1, 0.15) is 0 Å². The zero-order valence-corrected chi connectivity index (χ0v) is 8.23. The van der Waals surface area contributed by atoms with Crippen LogP contribution in [0, 0.1) is 5.41 Å². The molecular weight excluding hydrogens is 202 g/mol. The molecule has 0 atom stereocenters. The highest BCUT2D eigenvalue weighted by Gasteiger charge is 2.50. The summed E-state index contributed by atoms with van der Waals surface area (Å²) < 4.78 is 0. The van der Waals surface area contributed by atoms with E-state index in [1.54, 1.807) is 0 Å². The van der Waals surface area contributed by atoms with E-state index in [-0.39, 0.29) is 13.0 Å². The van der Waals surface area contributed by atoms with Crippen LogP contribution in [-0.4, -0.2) is 42.3 Å². The van der Waals surface area contributed by atoms with Crippen LogP contribution < -0.4 is 17.2 Å². The third-order valence-corrected chi connectivity index (χ3v) is 2.21. The van der Waals surface area contributed by atoms with E-state index in [0.29, 0.717) is 0 Å². The van der Waals surface area contributed by atoms with Crippen molar-refractivity contribution in [3.05, 3.63) is 0 Å². The largest absolute Gasteiger partial charge is 0.480 e. The van der Waals surface area contributed by atoms with E-state index < -0.39 is 36.0 Å². The molecule has 0 unspecified atom stereocenters. The standard InChI is InChI=1S/C8H15N3O4/c9-2-1-8(7(14)15,5(12)3-10)6(13)4-11/h1-4,9-11H2,(H,14,15). The molecule has 15 heavy (non-hydrogen) atoms. The number of nitrogens with two attached hydrogens (primary N) is 3. The van der Waals surface area contributed by atoms with E-state index in [2.05, 4.69) is 0 Å². The van der Waals surface area contributed by atoms with Crippen LogP contribution in [0.2, 0.25) is 0 Å². The van der Waals surface area contributed by atoms with Crippen LogP contribution in [0.25, 0.3) is 0 Å². The SMILES string of the molecule is NCCC(C(=O)O)(C(=O)CN)C(=O)CN. The third kappa shape index (κ3) is 2.38. The molecule has 0 aromatic heterocycles. The Bertz CT molecular complexity index is 261. The van der Waals surface area contributed by atoms with Crippen LogP contribution in [-0.2, 0) is 14.4 Å². The van der Waals surface area contributed by atoms with Crippen molar-refractivity contribution in [1.29, 1.82) is 0 Å². The summed E-state index contributed by atoms with van der Waals surface area (Å²) in [7, 11) is 0. The second-order valence-corrected chi connectivity index (χ2v) is 3.00. The minimum atomic E-state index is -2.17. The molecule has 7 heteroatoms. The van der Waals surface area contributed by atoms with E-state index in [0.717, 1.165) is 0 Å². The smallest absolute Gasteiger partial charge is 0.325 e. The quantitative estimate of drug-likeness (QED) is 0.343. The fourth-order valence-electron chi connectivity index (χ4n) is 1.34. The molecule has 7 N–H and O–H groups in total. The van der Waals surface area contributed by atoms with Crippen molar-refractivity contribution in [1.82, 2.24) is 0 Å². The molecule has 0 aliphatic heterocycles. The van der Waals surface area contributed by atoms with Gasteiger partial charge in [-0.05, 0) is 13.0 Å². The van der Waals surface area contributed by atoms with Crippen LogP contribution in [0.4, 0.5) is 0 Å². The van der Waals surface area contributed by atoms with E-state index in [4.69, 9.17) is 22.3 Å². The Morgan fingerprint density at radius 2 is 1.40 bits per heavy atom. The first-order chi connectivity index (χ1) is 6.97. The van der Waals surface area contributed by atoms with Gasteiger partial charge in [-0.3, -0.25) is 14.4 Å². The molecule has 0 bridgehead atoms. The number of ketones is 2. The predicted molar refractivity (Wildman–Crippen MR) is 51.9 cm³/mol. The number of hydrogen-bond acceptors (Lipinski definition) is 6. The summed E-state index contributed by atoms with van der Waals surface area (Å²) >= 11 is 0. The summed E-state index contributed by atoms with van der Waals surface area (Å²) in [5.74, 6) is -3.27. The van der Waals surface area contributed by atoms with E-state index in [9.17, 15) is 14.4 Å². The summed E-state index contributed by atoms with van der Waals surface area (Å²) in [5.41, 5.74) is 13.2. The lowest BCUT2D eigenvalue weighted by Gasteiger charge is -2.24. The number of aliphatic carboxylic acids is 1. The minimum absolute atomic E-state index is 0.107. The molecule has 0 aromatic carbocycles. The van der Waals surface area contributed by atoms with E-state index in [1.807, 2.05) is 0 Å². The van der Waals surface area contributed by atoms with Crippen LogP contribution in [0.5, 0.6) is 0 Å². The Kier molecular flexibility index (Phi) is 5.06. The summed E-state index contributed by atoms with van der Waals surface area (Å²) in [6.07, 6.45) is -0.283. The molecule has 0 spiro atoms. The first-order valence-electron chi connectivity index (χ1n) is 4.37. The number of carbonyl (C=O) groups is 3. The van der Waals surface area contributed by atoms with Gasteiger partial charge in [-0.15, -0.1) is 0 Å². The van der Waals surface area contributed by atoms with Gasteiger partial charge in [0.2, 0.25) is 0 Å². The molecule has 0 saturated carbocycles. The van der Waals surface area contributed by atoms with Gasteiger partial charge in [-0.25, -0.2) is 0 Å². The van der Waals surface area contributed by atoms with Gasteiger partial charge in [0.25, 0.3) is 0 Å². The predicted octanol–water partition coefficient (Wildman–Crippen LogP) is -2.54. The maximum absolute atomic E-state index is 11.4. The second kappa shape index (κ2) is 5.54. The molecule has 0 radical (unpaired) electrons. The van der Waals surface area contributed by atoms with Gasteiger partial charge in [0.15, 0.2) is 17.0 Å². The number of rotatable bonds is 7. The molecule has 0 aliphatic carbocycles. The number of Topliss-reactive ketones (excluding diaryl/α,β-unsaturated/α-hetero) is 2. The average Bonchev–Trinajstić information content (AvgIpc) is 2.23. The molecule has 0 heterocycles. The topological polar surface area (TPSA) is 150 Å². The maximum Gasteiger partial charge on any atom is 0.325 e. The van der Waals surface area contributed by atoms with Gasteiger partial charge >= 0.3 is 5.97 Å². The lowest BCUT2D eigenvalue weighted by Crippen LogP contribution is -2.52. The molecule has 0 rings (SSSR count). The van der Waals surface area contributed by atoms with Crippen LogP contribution in [0.1, 0.15) is 6.42 Å². The normalized spacial score (nSPS) is 11.1. The fraction of sp³-hybridized carbons (Fsp3) is 0.625. The van der Waals surface area contributed by atoms with Crippen molar-refractivity contribution in [2.45, 2.75) is 6.42 Å². The van der Waals surface area contributed by atoms with Gasteiger partial charge in [-0.1, -0.05) is 0 Å². The summed E-state index contributed by atoms with van der Waals surface area (Å²) in [4.78, 5) is 33.9. The summed E-state index contributed by atoms with van der Waals surface area (Å²) in [6, 6.07) is 0. The minimum Gasteiger partial charge on any atom is -0.480 e. The molecule has 86 valence electrons. The maximum atomic E-state index is 11.4. The molecule has 7 nitrogen and oxygen atoms in total. The molecular formula is C8H15N3O4. The number of carboxylic acid groups (broad SMARTS) is 1. The zero-order valence-electron chi connectivity index (χ0n) is 8.23. The lowest BCUT2D eigenvalue weighted by molar-refractivity contribution is -0.159. The third-order valence-electron chi connectivity index (χ3n) is 2.21. The Balaban J connectivity index is 5.36. The highest BCUT2D eigenvalue weighted by atomic mass is 16.4. The van der Waals surface area contributed by atoms with Crippen molar-refractivity contribution in [3.8, 4) is 0 Å². The number of hydrogen-bond donors (Lipinski definition) is 4. The molecule has 0 saturated heterocycles. The Labute approximate surface area is 86.6 Å². The monoisotopic (exact) mass is 217 g/mol. The summed E-state index contributed by atoms with van der Waals surface area (Å²) in [5, 5.41) is 8.95. The van der Waals surface area contributed by atoms with Gasteiger partial charge in [0.05, 0.1) is 13.1 Å². The van der Waals surface area contributed by atoms with Crippen LogP contribution in [0.15, 0.2) is 0 Å². The lowest BCUT2D eigenvalue weighted by atomic mass is 9.76. The molecule has 0 aliphatic rings. The second-order valence-electron chi connectivity index (χ2n) is 3.00. The summed E-state index contributed by atoms with van der Waals surface area (Å²) in [6.45, 7) is -1.17. The zero-order chi connectivity index (χ0) is 12.1. The van der Waals surface area contributed by atoms with Crippen LogP contribution >= 0.6 is 0 Å². The van der Waals surface area contributed by atoms with E-state index >= 15 is 0 Å². The Morgan fingerprint density at radius 1 is 1.00 bits per heavy atom. The number of carboxylic acids is 1. The van der Waals surface area contributed by atoms with Gasteiger partial charge in [0, 0.05) is 0 Å². The van der Waals surface area contributed by atoms with Gasteiger partial charge < -0.3 is 22.3 Å². The van der Waals surface area contributed by atoms with Crippen molar-refractivity contribution in [3.63, 3.8) is 0 Å². The Morgan fingerprint density at radius 3 is 1.60 bits per heavy atom. The van der Waals surface area contributed by atoms with Crippen molar-refractivity contribution < 1.29 is 19.5 Å². The van der Waals surface area contributed by atoms with E-state index in [1.165, 1.54) is 0 Å². The fourth-order valence-corrected chi connectivity index (χ4v) is 1.34. The Hall–Kier alpha value is -1.31. The highest BCUT2D eigenvalue weighted by Crippen LogP contribution is 2.24. The van der Waals surface area contributed by atoms with Crippen molar-refractivity contribution >= 4 is 17.5 Å².